The number of carbonyl (C=O) groups excluding carboxylic acids is 1. The van der Waals surface area contributed by atoms with Crippen LogP contribution in [0.15, 0.2) is 0 Å². The zero-order valence-corrected chi connectivity index (χ0v) is 8.36. The lowest BCUT2D eigenvalue weighted by atomic mass is 10.2. The van der Waals surface area contributed by atoms with Crippen LogP contribution < -0.4 is 5.48 Å². The normalized spacial score (nSPS) is 29.1. The van der Waals surface area contributed by atoms with Crippen LogP contribution in [0.4, 0.5) is 0 Å². The van der Waals surface area contributed by atoms with Gasteiger partial charge in [-0.25, -0.2) is 13.9 Å². The van der Waals surface area contributed by atoms with Crippen LogP contribution in [-0.4, -0.2) is 53.9 Å². The van der Waals surface area contributed by atoms with E-state index < -0.39 is 28.1 Å². The molecular formula is C6H12N2O5S. The lowest BCUT2D eigenvalue weighted by molar-refractivity contribution is -0.132. The van der Waals surface area contributed by atoms with Gasteiger partial charge in [-0.3, -0.25) is 10.0 Å². The van der Waals surface area contributed by atoms with Gasteiger partial charge in [0, 0.05) is 13.0 Å². The zero-order chi connectivity index (χ0) is 10.9. The number of nitrogens with one attached hydrogen (secondary N) is 1. The second-order valence-corrected chi connectivity index (χ2v) is 5.15. The standard InChI is InChI=1S/C6H12N2O5S/c1-14(12,13)8-3-4(9)2-5(8)6(10)7-11/h4-5,9,11H,2-3H2,1H3,(H,7,10)/t4-,5+/m1/s1. The summed E-state index contributed by atoms with van der Waals surface area (Å²) in [5.74, 6) is -0.827. The molecule has 1 rings (SSSR count). The third-order valence-electron chi connectivity index (χ3n) is 2.07. The first-order chi connectivity index (χ1) is 6.36. The van der Waals surface area contributed by atoms with Crippen molar-refractivity contribution in [3.05, 3.63) is 0 Å². The lowest BCUT2D eigenvalue weighted by Gasteiger charge is -2.19. The third-order valence-corrected chi connectivity index (χ3v) is 3.33. The van der Waals surface area contributed by atoms with Crippen LogP contribution in [0.25, 0.3) is 0 Å². The average Bonchev–Trinajstić information content (AvgIpc) is 2.45. The maximum absolute atomic E-state index is 11.2. The molecule has 1 amide bonds. The highest BCUT2D eigenvalue weighted by atomic mass is 32.2. The van der Waals surface area contributed by atoms with E-state index in [4.69, 9.17) is 5.21 Å². The number of β-amino-alcohol motifs (C(OH)–C–C–N with tert-alkyl or cyclic N) is 1. The van der Waals surface area contributed by atoms with Crippen molar-refractivity contribution in [1.29, 1.82) is 0 Å². The molecule has 7 nitrogen and oxygen atoms in total. The van der Waals surface area contributed by atoms with Crippen molar-refractivity contribution in [2.45, 2.75) is 18.6 Å². The van der Waals surface area contributed by atoms with Gasteiger partial charge in [-0.15, -0.1) is 0 Å². The van der Waals surface area contributed by atoms with E-state index in [1.807, 2.05) is 0 Å². The first-order valence-corrected chi connectivity index (χ1v) is 5.80. The van der Waals surface area contributed by atoms with E-state index in [9.17, 15) is 18.3 Å². The van der Waals surface area contributed by atoms with Gasteiger partial charge in [0.25, 0.3) is 5.91 Å². The Morgan fingerprint density at radius 1 is 1.57 bits per heavy atom. The van der Waals surface area contributed by atoms with Crippen molar-refractivity contribution >= 4 is 15.9 Å². The molecule has 0 spiro atoms. The number of aliphatic hydroxyl groups excluding tert-OH is 1. The Bertz CT molecular complexity index is 327. The van der Waals surface area contributed by atoms with Gasteiger partial charge < -0.3 is 5.11 Å². The number of sulfonamides is 1. The predicted molar refractivity (Wildman–Crippen MR) is 45.9 cm³/mol. The molecule has 0 aromatic rings. The van der Waals surface area contributed by atoms with E-state index >= 15 is 0 Å². The van der Waals surface area contributed by atoms with E-state index in [0.29, 0.717) is 0 Å². The van der Waals surface area contributed by atoms with Gasteiger partial charge in [0.15, 0.2) is 0 Å². The summed E-state index contributed by atoms with van der Waals surface area (Å²) in [6, 6.07) is -1.02. The monoisotopic (exact) mass is 224 g/mol. The first kappa shape index (κ1) is 11.4. The highest BCUT2D eigenvalue weighted by Gasteiger charge is 2.40. The molecule has 1 aliphatic heterocycles. The Hall–Kier alpha value is -0.700. The molecule has 0 saturated carbocycles. The Kier molecular flexibility index (Phi) is 3.10. The molecule has 1 saturated heterocycles. The second kappa shape index (κ2) is 3.81. The second-order valence-electron chi connectivity index (χ2n) is 3.21. The van der Waals surface area contributed by atoms with Crippen LogP contribution in [0.1, 0.15) is 6.42 Å². The maximum atomic E-state index is 11.2. The summed E-state index contributed by atoms with van der Waals surface area (Å²) in [7, 11) is -3.54. The molecule has 1 fully saturated rings. The minimum atomic E-state index is -3.54. The number of hydroxylamine groups is 1. The summed E-state index contributed by atoms with van der Waals surface area (Å²) < 4.78 is 23.2. The van der Waals surface area contributed by atoms with Crippen molar-refractivity contribution in [3.63, 3.8) is 0 Å². The number of carbonyl (C=O) groups is 1. The summed E-state index contributed by atoms with van der Waals surface area (Å²) in [6.07, 6.45) is 0.0781. The van der Waals surface area contributed by atoms with Gasteiger partial charge in [-0.1, -0.05) is 0 Å². The zero-order valence-electron chi connectivity index (χ0n) is 7.54. The van der Waals surface area contributed by atoms with Crippen LogP contribution in [0, 0.1) is 0 Å². The number of nitrogens with zero attached hydrogens (tertiary/aromatic N) is 1. The molecule has 0 aromatic heterocycles. The van der Waals surface area contributed by atoms with Crippen molar-refractivity contribution in [1.82, 2.24) is 9.79 Å². The van der Waals surface area contributed by atoms with E-state index in [1.165, 1.54) is 5.48 Å². The van der Waals surface area contributed by atoms with Crippen molar-refractivity contribution in [3.8, 4) is 0 Å². The fourth-order valence-corrected chi connectivity index (χ4v) is 2.55. The number of hydrogen-bond acceptors (Lipinski definition) is 5. The Morgan fingerprint density at radius 3 is 2.57 bits per heavy atom. The van der Waals surface area contributed by atoms with Crippen LogP contribution >= 0.6 is 0 Å². The van der Waals surface area contributed by atoms with Crippen LogP contribution in [0.5, 0.6) is 0 Å². The number of amides is 1. The van der Waals surface area contributed by atoms with Crippen molar-refractivity contribution in [2.75, 3.05) is 12.8 Å². The highest BCUT2D eigenvalue weighted by Crippen LogP contribution is 2.20. The minimum absolute atomic E-state index is 0.000532. The van der Waals surface area contributed by atoms with E-state index in [-0.39, 0.29) is 13.0 Å². The third kappa shape index (κ3) is 2.21. The van der Waals surface area contributed by atoms with E-state index in [2.05, 4.69) is 0 Å². The summed E-state index contributed by atoms with van der Waals surface area (Å²) >= 11 is 0. The average molecular weight is 224 g/mol. The molecular weight excluding hydrogens is 212 g/mol. The number of aliphatic hydroxyl groups is 1. The van der Waals surface area contributed by atoms with Crippen LogP contribution in [0.2, 0.25) is 0 Å². The maximum Gasteiger partial charge on any atom is 0.261 e. The fraction of sp³-hybridized carbons (Fsp3) is 0.833. The quantitative estimate of drug-likeness (QED) is 0.367. The predicted octanol–water partition coefficient (Wildman–Crippen LogP) is -2.11. The largest absolute Gasteiger partial charge is 0.392 e. The SMILES string of the molecule is CS(=O)(=O)N1C[C@H](O)C[C@H]1C(=O)NO. The fourth-order valence-electron chi connectivity index (χ4n) is 1.46. The number of rotatable bonds is 2. The Balaban J connectivity index is 2.89. The van der Waals surface area contributed by atoms with Gasteiger partial charge in [0.05, 0.1) is 12.4 Å². The molecule has 1 heterocycles. The molecule has 14 heavy (non-hydrogen) atoms. The minimum Gasteiger partial charge on any atom is -0.392 e. The molecule has 8 heteroatoms. The van der Waals surface area contributed by atoms with E-state index in [0.717, 1.165) is 10.6 Å². The van der Waals surface area contributed by atoms with Gasteiger partial charge in [-0.05, 0) is 0 Å². The smallest absolute Gasteiger partial charge is 0.261 e. The lowest BCUT2D eigenvalue weighted by Crippen LogP contribution is -2.44. The molecule has 3 N–H and O–H groups in total. The Labute approximate surface area is 81.3 Å². The Morgan fingerprint density at radius 2 is 2.14 bits per heavy atom. The first-order valence-electron chi connectivity index (χ1n) is 3.95. The van der Waals surface area contributed by atoms with Crippen molar-refractivity contribution < 1.29 is 23.5 Å². The highest BCUT2D eigenvalue weighted by molar-refractivity contribution is 7.88. The van der Waals surface area contributed by atoms with Gasteiger partial charge in [-0.2, -0.15) is 4.31 Å². The molecule has 0 aliphatic carbocycles. The molecule has 0 aromatic carbocycles. The van der Waals surface area contributed by atoms with Crippen molar-refractivity contribution in [2.24, 2.45) is 0 Å². The topological polar surface area (TPSA) is 107 Å². The van der Waals surface area contributed by atoms with Crippen LogP contribution in [0.3, 0.4) is 0 Å². The van der Waals surface area contributed by atoms with Gasteiger partial charge in [0.1, 0.15) is 6.04 Å². The van der Waals surface area contributed by atoms with Gasteiger partial charge >= 0.3 is 0 Å². The van der Waals surface area contributed by atoms with Crippen LogP contribution in [-0.2, 0) is 14.8 Å². The molecule has 82 valence electrons. The molecule has 2 atom stereocenters. The molecule has 1 aliphatic rings. The summed E-state index contributed by atoms with van der Waals surface area (Å²) in [5.41, 5.74) is 1.37. The van der Waals surface area contributed by atoms with E-state index in [1.54, 1.807) is 0 Å². The molecule has 0 bridgehead atoms. The molecule has 0 unspecified atom stereocenters. The summed E-state index contributed by atoms with van der Waals surface area (Å²) in [5, 5.41) is 17.6. The molecule has 0 radical (unpaired) electrons. The summed E-state index contributed by atoms with van der Waals surface area (Å²) in [4.78, 5) is 11.0. The number of hydrogen-bond donors (Lipinski definition) is 3. The van der Waals surface area contributed by atoms with Gasteiger partial charge in [0.2, 0.25) is 10.0 Å². The summed E-state index contributed by atoms with van der Waals surface area (Å²) in [6.45, 7) is -0.114.